The lowest BCUT2D eigenvalue weighted by atomic mass is 9.90. The van der Waals surface area contributed by atoms with Gasteiger partial charge in [0.1, 0.15) is 0 Å². The maximum Gasteiger partial charge on any atom is 0.223 e. The van der Waals surface area contributed by atoms with Crippen molar-refractivity contribution in [3.05, 3.63) is 0 Å². The van der Waals surface area contributed by atoms with Gasteiger partial charge >= 0.3 is 0 Å². The first kappa shape index (κ1) is 14.5. The second-order valence-electron chi connectivity index (χ2n) is 5.79. The van der Waals surface area contributed by atoms with Crippen LogP contribution in [0.1, 0.15) is 59.3 Å². The van der Waals surface area contributed by atoms with Crippen LogP contribution in [0, 0.1) is 11.8 Å². The molecule has 0 saturated heterocycles. The van der Waals surface area contributed by atoms with Crippen molar-refractivity contribution < 1.29 is 9.90 Å². The molecule has 1 saturated carbocycles. The van der Waals surface area contributed by atoms with E-state index >= 15 is 0 Å². The lowest BCUT2D eigenvalue weighted by Crippen LogP contribution is -2.43. The molecule has 0 aromatic heterocycles. The van der Waals surface area contributed by atoms with Crippen molar-refractivity contribution in [3.63, 3.8) is 0 Å². The van der Waals surface area contributed by atoms with Gasteiger partial charge in [-0.25, -0.2) is 0 Å². The van der Waals surface area contributed by atoms with Gasteiger partial charge in [0, 0.05) is 12.5 Å². The van der Waals surface area contributed by atoms with Crippen molar-refractivity contribution >= 4 is 5.91 Å². The zero-order valence-electron chi connectivity index (χ0n) is 11.5. The Labute approximate surface area is 105 Å². The average Bonchev–Trinajstić information content (AvgIpc) is 2.70. The molecule has 3 heteroatoms. The highest BCUT2D eigenvalue weighted by Crippen LogP contribution is 2.28. The van der Waals surface area contributed by atoms with E-state index < -0.39 is 5.60 Å². The third kappa shape index (κ3) is 4.30. The van der Waals surface area contributed by atoms with E-state index in [-0.39, 0.29) is 11.8 Å². The molecule has 0 heterocycles. The topological polar surface area (TPSA) is 49.3 Å². The molecule has 0 radical (unpaired) electrons. The molecule has 1 rings (SSSR count). The van der Waals surface area contributed by atoms with Gasteiger partial charge in [0.25, 0.3) is 0 Å². The summed E-state index contributed by atoms with van der Waals surface area (Å²) < 4.78 is 0. The highest BCUT2D eigenvalue weighted by molar-refractivity contribution is 5.78. The van der Waals surface area contributed by atoms with Crippen molar-refractivity contribution in [3.8, 4) is 0 Å². The minimum Gasteiger partial charge on any atom is -0.388 e. The number of aliphatic hydroxyl groups is 1. The lowest BCUT2D eigenvalue weighted by molar-refractivity contribution is -0.127. The first-order valence-corrected chi connectivity index (χ1v) is 6.98. The van der Waals surface area contributed by atoms with Gasteiger partial charge in [0.05, 0.1) is 5.60 Å². The SMILES string of the molecule is CCCC(C(=O)NCC1(O)CCCC1)C(C)C. The second-order valence-corrected chi connectivity index (χ2v) is 5.79. The molecule has 1 fully saturated rings. The van der Waals surface area contributed by atoms with E-state index in [2.05, 4.69) is 26.1 Å². The summed E-state index contributed by atoms with van der Waals surface area (Å²) in [5.74, 6) is 0.570. The summed E-state index contributed by atoms with van der Waals surface area (Å²) in [7, 11) is 0. The molecular formula is C14H27NO2. The summed E-state index contributed by atoms with van der Waals surface area (Å²) in [6.45, 7) is 6.71. The molecule has 1 aliphatic rings. The van der Waals surface area contributed by atoms with Crippen molar-refractivity contribution in [2.75, 3.05) is 6.54 Å². The van der Waals surface area contributed by atoms with Crippen molar-refractivity contribution in [2.24, 2.45) is 11.8 Å². The summed E-state index contributed by atoms with van der Waals surface area (Å²) in [6.07, 6.45) is 5.77. The number of nitrogens with one attached hydrogen (secondary N) is 1. The first-order valence-electron chi connectivity index (χ1n) is 6.98. The van der Waals surface area contributed by atoms with E-state index in [0.29, 0.717) is 12.5 Å². The smallest absolute Gasteiger partial charge is 0.223 e. The maximum atomic E-state index is 12.1. The van der Waals surface area contributed by atoms with Crippen LogP contribution >= 0.6 is 0 Å². The van der Waals surface area contributed by atoms with Gasteiger partial charge in [-0.05, 0) is 25.2 Å². The number of carbonyl (C=O) groups is 1. The molecule has 0 spiro atoms. The van der Waals surface area contributed by atoms with Gasteiger partial charge in [-0.1, -0.05) is 40.0 Å². The third-order valence-corrected chi connectivity index (χ3v) is 3.87. The summed E-state index contributed by atoms with van der Waals surface area (Å²) in [4.78, 5) is 12.1. The van der Waals surface area contributed by atoms with E-state index in [1.807, 2.05) is 0 Å². The molecule has 0 aliphatic heterocycles. The van der Waals surface area contributed by atoms with Gasteiger partial charge in [0.15, 0.2) is 0 Å². The Balaban J connectivity index is 2.41. The highest BCUT2D eigenvalue weighted by atomic mass is 16.3. The summed E-state index contributed by atoms with van der Waals surface area (Å²) >= 11 is 0. The molecule has 1 aliphatic carbocycles. The number of carbonyl (C=O) groups excluding carboxylic acids is 1. The zero-order chi connectivity index (χ0) is 12.9. The molecule has 0 aromatic carbocycles. The zero-order valence-corrected chi connectivity index (χ0v) is 11.5. The van der Waals surface area contributed by atoms with Gasteiger partial charge < -0.3 is 10.4 Å². The van der Waals surface area contributed by atoms with Gasteiger partial charge in [-0.2, -0.15) is 0 Å². The lowest BCUT2D eigenvalue weighted by Gasteiger charge is -2.25. The fraction of sp³-hybridized carbons (Fsp3) is 0.929. The van der Waals surface area contributed by atoms with Crippen LogP contribution in [0.5, 0.6) is 0 Å². The van der Waals surface area contributed by atoms with Crippen molar-refractivity contribution in [1.82, 2.24) is 5.32 Å². The summed E-state index contributed by atoms with van der Waals surface area (Å²) in [6, 6.07) is 0. The largest absolute Gasteiger partial charge is 0.388 e. The van der Waals surface area contributed by atoms with Crippen molar-refractivity contribution in [1.29, 1.82) is 0 Å². The quantitative estimate of drug-likeness (QED) is 0.750. The molecule has 2 N–H and O–H groups in total. The van der Waals surface area contributed by atoms with Gasteiger partial charge in [-0.15, -0.1) is 0 Å². The van der Waals surface area contributed by atoms with Crippen LogP contribution in [-0.4, -0.2) is 23.2 Å². The Morgan fingerprint density at radius 1 is 1.35 bits per heavy atom. The highest BCUT2D eigenvalue weighted by Gasteiger charge is 2.32. The van der Waals surface area contributed by atoms with E-state index in [9.17, 15) is 9.90 Å². The maximum absolute atomic E-state index is 12.1. The Bertz CT molecular complexity index is 245. The van der Waals surface area contributed by atoms with Crippen LogP contribution in [-0.2, 0) is 4.79 Å². The summed E-state index contributed by atoms with van der Waals surface area (Å²) in [5.41, 5.74) is -0.636. The molecule has 1 amide bonds. The second kappa shape index (κ2) is 6.39. The molecule has 1 unspecified atom stereocenters. The van der Waals surface area contributed by atoms with Gasteiger partial charge in [0.2, 0.25) is 5.91 Å². The number of hydrogen-bond acceptors (Lipinski definition) is 2. The number of amides is 1. The van der Waals surface area contributed by atoms with Crippen LogP contribution < -0.4 is 5.32 Å². The minimum absolute atomic E-state index is 0.0880. The van der Waals surface area contributed by atoms with Crippen LogP contribution in [0.25, 0.3) is 0 Å². The molecular weight excluding hydrogens is 214 g/mol. The molecule has 17 heavy (non-hydrogen) atoms. The number of rotatable bonds is 6. The monoisotopic (exact) mass is 241 g/mol. The fourth-order valence-electron chi connectivity index (χ4n) is 2.67. The van der Waals surface area contributed by atoms with E-state index in [1.54, 1.807) is 0 Å². The fourth-order valence-corrected chi connectivity index (χ4v) is 2.67. The van der Waals surface area contributed by atoms with Gasteiger partial charge in [-0.3, -0.25) is 4.79 Å². The molecule has 0 aromatic rings. The summed E-state index contributed by atoms with van der Waals surface area (Å²) in [5, 5.41) is 13.1. The Morgan fingerprint density at radius 2 is 1.94 bits per heavy atom. The Morgan fingerprint density at radius 3 is 2.41 bits per heavy atom. The predicted octanol–water partition coefficient (Wildman–Crippen LogP) is 2.48. The molecule has 3 nitrogen and oxygen atoms in total. The van der Waals surface area contributed by atoms with E-state index in [1.165, 1.54) is 0 Å². The first-order chi connectivity index (χ1) is 7.98. The Hall–Kier alpha value is -0.570. The van der Waals surface area contributed by atoms with E-state index in [4.69, 9.17) is 0 Å². The van der Waals surface area contributed by atoms with Crippen LogP contribution in [0.3, 0.4) is 0 Å². The standard InChI is InChI=1S/C14H27NO2/c1-4-7-12(11(2)3)13(16)15-10-14(17)8-5-6-9-14/h11-12,17H,4-10H2,1-3H3,(H,15,16). The third-order valence-electron chi connectivity index (χ3n) is 3.87. The van der Waals surface area contributed by atoms with Crippen LogP contribution in [0.2, 0.25) is 0 Å². The van der Waals surface area contributed by atoms with E-state index in [0.717, 1.165) is 38.5 Å². The Kier molecular flexibility index (Phi) is 5.44. The van der Waals surface area contributed by atoms with Crippen molar-refractivity contribution in [2.45, 2.75) is 64.9 Å². The minimum atomic E-state index is -0.636. The molecule has 100 valence electrons. The van der Waals surface area contributed by atoms with Crippen LogP contribution in [0.15, 0.2) is 0 Å². The molecule has 1 atom stereocenters. The molecule has 0 bridgehead atoms. The normalized spacial score (nSPS) is 20.5. The average molecular weight is 241 g/mol. The van der Waals surface area contributed by atoms with Crippen LogP contribution in [0.4, 0.5) is 0 Å². The predicted molar refractivity (Wildman–Crippen MR) is 69.7 cm³/mol. The number of hydrogen-bond donors (Lipinski definition) is 2.